The van der Waals surface area contributed by atoms with E-state index in [1.54, 1.807) is 33.8 Å². The molecule has 0 bridgehead atoms. The minimum atomic E-state index is -3.70. The number of rotatable bonds is 6. The second kappa shape index (κ2) is 7.52. The summed E-state index contributed by atoms with van der Waals surface area (Å²) in [6.45, 7) is 6.84. The molecule has 24 heavy (non-hydrogen) atoms. The van der Waals surface area contributed by atoms with E-state index in [4.69, 9.17) is 15.7 Å². The highest BCUT2D eigenvalue weighted by molar-refractivity contribution is 7.92. The monoisotopic (exact) mass is 357 g/mol. The number of benzene rings is 1. The SMILES string of the molecule is Cc1cc(NS(=O)(=O)CCC(=O)OC(C)(C)C)ccc1/C(N)=N/O. The van der Waals surface area contributed by atoms with Crippen molar-refractivity contribution in [2.45, 2.75) is 39.7 Å². The Bertz CT molecular complexity index is 736. The van der Waals surface area contributed by atoms with Crippen LogP contribution in [0.2, 0.25) is 0 Å². The first kappa shape index (κ1) is 19.8. The van der Waals surface area contributed by atoms with Crippen LogP contribution >= 0.6 is 0 Å². The Morgan fingerprint density at radius 3 is 2.50 bits per heavy atom. The van der Waals surface area contributed by atoms with Crippen LogP contribution in [0.15, 0.2) is 23.4 Å². The molecule has 0 radical (unpaired) electrons. The fourth-order valence-corrected chi connectivity index (χ4v) is 2.93. The molecule has 0 fully saturated rings. The highest BCUT2D eigenvalue weighted by atomic mass is 32.2. The van der Waals surface area contributed by atoms with E-state index < -0.39 is 21.6 Å². The third-order valence-electron chi connectivity index (χ3n) is 2.88. The molecule has 0 spiro atoms. The van der Waals surface area contributed by atoms with Gasteiger partial charge in [0.25, 0.3) is 0 Å². The number of hydrogen-bond donors (Lipinski definition) is 3. The molecule has 0 saturated heterocycles. The second-order valence-electron chi connectivity index (χ2n) is 6.27. The predicted molar refractivity (Wildman–Crippen MR) is 91.6 cm³/mol. The number of hydrogen-bond acceptors (Lipinski definition) is 6. The second-order valence-corrected chi connectivity index (χ2v) is 8.11. The summed E-state index contributed by atoms with van der Waals surface area (Å²) in [5, 5.41) is 11.6. The van der Waals surface area contributed by atoms with Crippen molar-refractivity contribution in [1.29, 1.82) is 0 Å². The number of amidine groups is 1. The lowest BCUT2D eigenvalue weighted by Gasteiger charge is -2.19. The number of ether oxygens (including phenoxy) is 1. The molecule has 0 atom stereocenters. The fraction of sp³-hybridized carbons (Fsp3) is 0.467. The van der Waals surface area contributed by atoms with Gasteiger partial charge in [-0.25, -0.2) is 8.42 Å². The average Bonchev–Trinajstić information content (AvgIpc) is 2.42. The molecule has 9 heteroatoms. The third kappa shape index (κ3) is 6.45. The van der Waals surface area contributed by atoms with Crippen molar-refractivity contribution in [1.82, 2.24) is 0 Å². The highest BCUT2D eigenvalue weighted by Crippen LogP contribution is 2.17. The van der Waals surface area contributed by atoms with Gasteiger partial charge in [-0.2, -0.15) is 0 Å². The Labute approximate surface area is 141 Å². The largest absolute Gasteiger partial charge is 0.460 e. The quantitative estimate of drug-likeness (QED) is 0.233. The highest BCUT2D eigenvalue weighted by Gasteiger charge is 2.19. The van der Waals surface area contributed by atoms with Crippen LogP contribution < -0.4 is 10.5 Å². The molecular formula is C15H23N3O5S. The van der Waals surface area contributed by atoms with Crippen LogP contribution in [0.25, 0.3) is 0 Å². The smallest absolute Gasteiger partial charge is 0.307 e. The maximum absolute atomic E-state index is 12.0. The maximum Gasteiger partial charge on any atom is 0.307 e. The zero-order valence-electron chi connectivity index (χ0n) is 14.2. The van der Waals surface area contributed by atoms with E-state index in [0.717, 1.165) is 0 Å². The van der Waals surface area contributed by atoms with Gasteiger partial charge in [-0.05, 0) is 51.5 Å². The molecule has 1 aromatic rings. The lowest BCUT2D eigenvalue weighted by molar-refractivity contribution is -0.154. The van der Waals surface area contributed by atoms with Gasteiger partial charge in [-0.3, -0.25) is 9.52 Å². The molecule has 0 amide bonds. The average molecular weight is 357 g/mol. The molecule has 1 rings (SSSR count). The molecule has 0 aliphatic heterocycles. The van der Waals surface area contributed by atoms with Crippen LogP contribution in [-0.4, -0.2) is 36.8 Å². The van der Waals surface area contributed by atoms with Crippen molar-refractivity contribution in [2.24, 2.45) is 10.9 Å². The number of carbonyl (C=O) groups is 1. The van der Waals surface area contributed by atoms with Crippen molar-refractivity contribution in [3.05, 3.63) is 29.3 Å². The van der Waals surface area contributed by atoms with Crippen LogP contribution in [0, 0.1) is 6.92 Å². The minimum Gasteiger partial charge on any atom is -0.460 e. The van der Waals surface area contributed by atoms with E-state index in [2.05, 4.69) is 9.88 Å². The Hall–Kier alpha value is -2.29. The van der Waals surface area contributed by atoms with Crippen molar-refractivity contribution < 1.29 is 23.2 Å². The number of nitrogens with one attached hydrogen (secondary N) is 1. The minimum absolute atomic E-state index is 0.0631. The number of nitrogens with two attached hydrogens (primary N) is 1. The molecule has 0 unspecified atom stereocenters. The van der Waals surface area contributed by atoms with Crippen molar-refractivity contribution in [3.8, 4) is 0 Å². The normalized spacial score (nSPS) is 12.8. The number of aryl methyl sites for hydroxylation is 1. The number of nitrogens with zero attached hydrogens (tertiary/aromatic N) is 1. The first-order chi connectivity index (χ1) is 10.9. The summed E-state index contributed by atoms with van der Waals surface area (Å²) in [5.74, 6) is -1.03. The zero-order chi connectivity index (χ0) is 18.5. The van der Waals surface area contributed by atoms with Gasteiger partial charge in [0.2, 0.25) is 10.0 Å². The van der Waals surface area contributed by atoms with Gasteiger partial charge in [0.05, 0.1) is 12.2 Å². The molecule has 134 valence electrons. The van der Waals surface area contributed by atoms with Gasteiger partial charge >= 0.3 is 5.97 Å². The van der Waals surface area contributed by atoms with Gasteiger partial charge in [-0.15, -0.1) is 0 Å². The Morgan fingerprint density at radius 1 is 1.38 bits per heavy atom. The number of carbonyl (C=O) groups excluding carboxylic acids is 1. The molecule has 1 aromatic carbocycles. The van der Waals surface area contributed by atoms with Crippen molar-refractivity contribution >= 4 is 27.5 Å². The summed E-state index contributed by atoms with van der Waals surface area (Å²) in [5.41, 5.74) is 6.31. The summed E-state index contributed by atoms with van der Waals surface area (Å²) in [6.07, 6.45) is -0.242. The fourth-order valence-electron chi connectivity index (χ4n) is 1.91. The summed E-state index contributed by atoms with van der Waals surface area (Å²) >= 11 is 0. The van der Waals surface area contributed by atoms with E-state index in [-0.39, 0.29) is 18.0 Å². The van der Waals surface area contributed by atoms with Crippen LogP contribution in [0.4, 0.5) is 5.69 Å². The molecule has 0 heterocycles. The predicted octanol–water partition coefficient (Wildman–Crippen LogP) is 1.56. The lowest BCUT2D eigenvalue weighted by atomic mass is 10.1. The Kier molecular flexibility index (Phi) is 6.19. The molecule has 4 N–H and O–H groups in total. The molecule has 8 nitrogen and oxygen atoms in total. The first-order valence-corrected chi connectivity index (χ1v) is 8.89. The Morgan fingerprint density at radius 2 is 2.00 bits per heavy atom. The summed E-state index contributed by atoms with van der Waals surface area (Å²) in [4.78, 5) is 11.6. The topological polar surface area (TPSA) is 131 Å². The third-order valence-corrected chi connectivity index (χ3v) is 4.17. The summed E-state index contributed by atoms with van der Waals surface area (Å²) < 4.78 is 31.6. The summed E-state index contributed by atoms with van der Waals surface area (Å²) in [6, 6.07) is 4.58. The van der Waals surface area contributed by atoms with Gasteiger partial charge in [-0.1, -0.05) is 5.16 Å². The van der Waals surface area contributed by atoms with E-state index in [1.807, 2.05) is 0 Å². The van der Waals surface area contributed by atoms with Gasteiger partial charge in [0.1, 0.15) is 5.60 Å². The standard InChI is InChI=1S/C15H23N3O5S/c1-10-9-11(5-6-12(10)14(16)17-20)18-24(21,22)8-7-13(19)23-15(2,3)4/h5-6,9,18,20H,7-8H2,1-4H3,(H2,16,17). The van der Waals surface area contributed by atoms with E-state index >= 15 is 0 Å². The van der Waals surface area contributed by atoms with Crippen LogP contribution in [0.5, 0.6) is 0 Å². The lowest BCUT2D eigenvalue weighted by Crippen LogP contribution is -2.26. The van der Waals surface area contributed by atoms with Crippen molar-refractivity contribution in [2.75, 3.05) is 10.5 Å². The first-order valence-electron chi connectivity index (χ1n) is 7.24. The number of oxime groups is 1. The van der Waals surface area contributed by atoms with Crippen LogP contribution in [-0.2, 0) is 19.6 Å². The zero-order valence-corrected chi connectivity index (χ0v) is 15.0. The molecule has 0 aliphatic carbocycles. The molecular weight excluding hydrogens is 334 g/mol. The van der Waals surface area contributed by atoms with Crippen LogP contribution in [0.3, 0.4) is 0 Å². The number of anilines is 1. The van der Waals surface area contributed by atoms with Gasteiger partial charge in [0.15, 0.2) is 5.84 Å². The van der Waals surface area contributed by atoms with E-state index in [9.17, 15) is 13.2 Å². The maximum atomic E-state index is 12.0. The summed E-state index contributed by atoms with van der Waals surface area (Å²) in [7, 11) is -3.70. The Balaban J connectivity index is 2.74. The molecule has 0 aromatic heterocycles. The molecule has 0 aliphatic rings. The van der Waals surface area contributed by atoms with Gasteiger partial charge in [0, 0.05) is 11.3 Å². The number of esters is 1. The van der Waals surface area contributed by atoms with Gasteiger partial charge < -0.3 is 15.7 Å². The van der Waals surface area contributed by atoms with E-state index in [0.29, 0.717) is 16.8 Å². The molecule has 0 saturated carbocycles. The van der Waals surface area contributed by atoms with Crippen LogP contribution in [0.1, 0.15) is 38.3 Å². The van der Waals surface area contributed by atoms with E-state index in [1.165, 1.54) is 12.1 Å². The van der Waals surface area contributed by atoms with Crippen molar-refractivity contribution in [3.63, 3.8) is 0 Å². The number of sulfonamides is 1.